The number of carbonyl (C=O) groups is 2. The maximum Gasteiger partial charge on any atom is 0.472 e. The van der Waals surface area contributed by atoms with Gasteiger partial charge in [0.15, 0.2) is 6.10 Å². The molecule has 0 rings (SSSR count). The molecule has 0 aliphatic heterocycles. The lowest BCUT2D eigenvalue weighted by Gasteiger charge is -2.20. The van der Waals surface area contributed by atoms with E-state index in [2.05, 4.69) is 48.8 Å². The molecule has 0 aromatic rings. The molecule has 0 saturated carbocycles. The molecule has 0 spiro atoms. The van der Waals surface area contributed by atoms with Crippen LogP contribution in [0.1, 0.15) is 142 Å². The number of phosphoric acid groups is 1. The third kappa shape index (κ3) is 38.6. The van der Waals surface area contributed by atoms with Crippen LogP contribution in [0.3, 0.4) is 0 Å². The van der Waals surface area contributed by atoms with Gasteiger partial charge in [0.2, 0.25) is 0 Å². The van der Waals surface area contributed by atoms with Gasteiger partial charge < -0.3 is 34.8 Å². The van der Waals surface area contributed by atoms with Crippen LogP contribution in [0.15, 0.2) is 72.9 Å². The van der Waals surface area contributed by atoms with Gasteiger partial charge in [0.1, 0.15) is 12.7 Å². The molecule has 0 radical (unpaired) electrons. The molecule has 0 bridgehead atoms. The number of ether oxygens (including phenoxy) is 2. The highest BCUT2D eigenvalue weighted by atomic mass is 31.2. The normalized spacial score (nSPS) is 15.7. The predicted molar refractivity (Wildman–Crippen MR) is 226 cm³/mol. The Morgan fingerprint density at radius 1 is 0.596 bits per heavy atom. The average Bonchev–Trinajstić information content (AvgIpc) is 3.19. The molecule has 0 aromatic heterocycles. The van der Waals surface area contributed by atoms with Gasteiger partial charge in [-0.15, -0.1) is 0 Å². The number of aliphatic hydroxyl groups excluding tert-OH is 4. The number of phosphoric ester groups is 1. The number of unbranched alkanes of at least 4 members (excludes halogenated alkanes) is 12. The highest BCUT2D eigenvalue weighted by Gasteiger charge is 2.27. The lowest BCUT2D eigenvalue weighted by Crippen LogP contribution is -2.30. The van der Waals surface area contributed by atoms with Crippen molar-refractivity contribution >= 4 is 19.8 Å². The molecule has 0 amide bonds. The zero-order valence-corrected chi connectivity index (χ0v) is 35.6. The van der Waals surface area contributed by atoms with Gasteiger partial charge in [-0.1, -0.05) is 138 Å². The Morgan fingerprint density at radius 3 is 1.81 bits per heavy atom. The largest absolute Gasteiger partial charge is 0.472 e. The summed E-state index contributed by atoms with van der Waals surface area (Å²) >= 11 is 0. The minimum absolute atomic E-state index is 0.0829. The van der Waals surface area contributed by atoms with Crippen LogP contribution in [0.2, 0.25) is 0 Å². The van der Waals surface area contributed by atoms with Crippen molar-refractivity contribution in [1.29, 1.82) is 0 Å². The minimum Gasteiger partial charge on any atom is -0.462 e. The molecule has 13 heteroatoms. The zero-order chi connectivity index (χ0) is 42.2. The first-order chi connectivity index (χ1) is 27.5. The molecule has 0 fully saturated rings. The summed E-state index contributed by atoms with van der Waals surface area (Å²) in [7, 11) is -4.69. The van der Waals surface area contributed by atoms with E-state index < -0.39 is 70.6 Å². The van der Waals surface area contributed by atoms with Crippen LogP contribution in [0.4, 0.5) is 0 Å². The summed E-state index contributed by atoms with van der Waals surface area (Å²) in [6, 6.07) is 0. The Labute approximate surface area is 343 Å². The zero-order valence-electron chi connectivity index (χ0n) is 34.7. The molecule has 0 aliphatic carbocycles. The summed E-state index contributed by atoms with van der Waals surface area (Å²) in [5, 5.41) is 38.6. The van der Waals surface area contributed by atoms with Crippen LogP contribution in [0.25, 0.3) is 0 Å². The molecule has 0 saturated heterocycles. The Bertz CT molecular complexity index is 1210. The Morgan fingerprint density at radius 2 is 1.14 bits per heavy atom. The summed E-state index contributed by atoms with van der Waals surface area (Å²) in [6.07, 6.45) is 36.4. The second-order valence-corrected chi connectivity index (χ2v) is 15.5. The first-order valence-corrected chi connectivity index (χ1v) is 22.6. The fourth-order valence-corrected chi connectivity index (χ4v) is 5.97. The van der Waals surface area contributed by atoms with E-state index in [-0.39, 0.29) is 25.7 Å². The van der Waals surface area contributed by atoms with Crippen molar-refractivity contribution in [2.24, 2.45) is 0 Å². The SMILES string of the molecule is CCCCC/C=C\C[C@H](O)/C=C/C=C/C=C\[C@H](O)CCCC(=O)O[C@H](COC(=O)CCCCCCC/C=C\C=C/CCCCCC)COP(=O)(O)OC[C@@H](O)CO. The van der Waals surface area contributed by atoms with Crippen LogP contribution < -0.4 is 0 Å². The van der Waals surface area contributed by atoms with Crippen LogP contribution in [-0.2, 0) is 32.7 Å². The monoisotopic (exact) mass is 826 g/mol. The van der Waals surface area contributed by atoms with Crippen molar-refractivity contribution in [1.82, 2.24) is 0 Å². The standard InChI is InChI=1S/C44H75O12P/c1-3-5-7-9-11-12-13-14-15-16-17-18-19-21-27-33-43(49)53-37-42(38-55-57(51,52)54-36-41(48)35-45)56-44(50)34-28-32-40(47)31-26-23-22-25-30-39(46)29-24-20-10-8-6-4-2/h12-15,20,22-26,30-31,39-42,45-48H,3-11,16-19,21,27-29,32-38H2,1-2H3,(H,51,52)/b13-12-,15-14-,23-22+,24-20-,30-25+,31-26-/t39-,40-,41-,42+/m0/s1. The molecule has 1 unspecified atom stereocenters. The molecule has 5 atom stereocenters. The first kappa shape index (κ1) is 54.3. The molecule has 57 heavy (non-hydrogen) atoms. The van der Waals surface area contributed by atoms with Crippen molar-refractivity contribution in [3.8, 4) is 0 Å². The van der Waals surface area contributed by atoms with E-state index in [4.69, 9.17) is 19.1 Å². The van der Waals surface area contributed by atoms with Crippen molar-refractivity contribution in [3.63, 3.8) is 0 Å². The molecule has 0 aliphatic rings. The van der Waals surface area contributed by atoms with E-state index in [1.165, 1.54) is 38.5 Å². The van der Waals surface area contributed by atoms with Crippen molar-refractivity contribution in [2.75, 3.05) is 26.4 Å². The van der Waals surface area contributed by atoms with Crippen LogP contribution in [0, 0.1) is 0 Å². The number of aliphatic hydroxyl groups is 4. The molecule has 0 heterocycles. The molecule has 328 valence electrons. The molecular weight excluding hydrogens is 751 g/mol. The maximum absolute atomic E-state index is 12.6. The Hall–Kier alpha value is -2.67. The quantitative estimate of drug-likeness (QED) is 0.0131. The van der Waals surface area contributed by atoms with Crippen LogP contribution in [0.5, 0.6) is 0 Å². The molecule has 0 aromatic carbocycles. The van der Waals surface area contributed by atoms with Crippen LogP contribution in [-0.4, -0.2) is 88.1 Å². The van der Waals surface area contributed by atoms with E-state index in [9.17, 15) is 34.4 Å². The lowest BCUT2D eigenvalue weighted by atomic mass is 10.1. The second kappa shape index (κ2) is 38.8. The number of hydrogen-bond donors (Lipinski definition) is 5. The van der Waals surface area contributed by atoms with E-state index in [0.717, 1.165) is 51.4 Å². The predicted octanol–water partition coefficient (Wildman–Crippen LogP) is 8.83. The minimum atomic E-state index is -4.69. The van der Waals surface area contributed by atoms with Gasteiger partial charge >= 0.3 is 19.8 Å². The second-order valence-electron chi connectivity index (χ2n) is 14.1. The van der Waals surface area contributed by atoms with Gasteiger partial charge in [-0.2, -0.15) is 0 Å². The van der Waals surface area contributed by atoms with Crippen molar-refractivity contribution in [2.45, 2.75) is 167 Å². The average molecular weight is 827 g/mol. The number of carbonyl (C=O) groups excluding carboxylic acids is 2. The van der Waals surface area contributed by atoms with E-state index >= 15 is 0 Å². The summed E-state index contributed by atoms with van der Waals surface area (Å²) in [6.45, 7) is 1.97. The maximum atomic E-state index is 12.6. The number of hydrogen-bond acceptors (Lipinski definition) is 11. The summed E-state index contributed by atoms with van der Waals surface area (Å²) in [5.41, 5.74) is 0. The van der Waals surface area contributed by atoms with E-state index in [1.54, 1.807) is 36.5 Å². The highest BCUT2D eigenvalue weighted by Crippen LogP contribution is 2.43. The lowest BCUT2D eigenvalue weighted by molar-refractivity contribution is -0.161. The topological polar surface area (TPSA) is 189 Å². The summed E-state index contributed by atoms with van der Waals surface area (Å²) in [5.74, 6) is -1.19. The van der Waals surface area contributed by atoms with E-state index in [0.29, 0.717) is 12.8 Å². The fourth-order valence-electron chi connectivity index (χ4n) is 5.18. The summed E-state index contributed by atoms with van der Waals surface area (Å²) < 4.78 is 32.5. The van der Waals surface area contributed by atoms with E-state index in [1.807, 2.05) is 6.08 Å². The van der Waals surface area contributed by atoms with Crippen molar-refractivity contribution in [3.05, 3.63) is 72.9 Å². The van der Waals surface area contributed by atoms with Gasteiger partial charge in [0.25, 0.3) is 0 Å². The number of allylic oxidation sites excluding steroid dienone is 9. The molecule has 12 nitrogen and oxygen atoms in total. The number of esters is 2. The summed E-state index contributed by atoms with van der Waals surface area (Å²) in [4.78, 5) is 35.0. The van der Waals surface area contributed by atoms with Gasteiger partial charge in [-0.05, 0) is 64.2 Å². The third-order valence-electron chi connectivity index (χ3n) is 8.55. The third-order valence-corrected chi connectivity index (χ3v) is 9.50. The Kier molecular flexibility index (Phi) is 37.0. The number of rotatable bonds is 38. The van der Waals surface area contributed by atoms with Crippen LogP contribution >= 0.6 is 7.82 Å². The van der Waals surface area contributed by atoms with Gasteiger partial charge in [-0.25, -0.2) is 4.57 Å². The Balaban J connectivity index is 4.63. The van der Waals surface area contributed by atoms with Gasteiger partial charge in [0, 0.05) is 12.8 Å². The van der Waals surface area contributed by atoms with Crippen molar-refractivity contribution < 1.29 is 58.0 Å². The molecular formula is C44H75O12P. The van der Waals surface area contributed by atoms with Gasteiger partial charge in [0.05, 0.1) is 32.0 Å². The van der Waals surface area contributed by atoms with Gasteiger partial charge in [-0.3, -0.25) is 18.6 Å². The highest BCUT2D eigenvalue weighted by molar-refractivity contribution is 7.47. The molecule has 5 N–H and O–H groups in total. The fraction of sp³-hybridized carbons (Fsp3) is 0.682. The first-order valence-electron chi connectivity index (χ1n) is 21.1. The smallest absolute Gasteiger partial charge is 0.462 e.